The highest BCUT2D eigenvalue weighted by atomic mass is 16.5. The highest BCUT2D eigenvalue weighted by molar-refractivity contribution is 6.02. The van der Waals surface area contributed by atoms with Crippen molar-refractivity contribution in [3.8, 4) is 22.8 Å². The quantitative estimate of drug-likeness (QED) is 0.253. The van der Waals surface area contributed by atoms with Crippen molar-refractivity contribution in [2.24, 2.45) is 0 Å². The van der Waals surface area contributed by atoms with Crippen molar-refractivity contribution >= 4 is 28.9 Å². The highest BCUT2D eigenvalue weighted by Gasteiger charge is 2.20. The summed E-state index contributed by atoms with van der Waals surface area (Å²) in [6.45, 7) is 10.00. The third kappa shape index (κ3) is 6.59. The second-order valence-electron chi connectivity index (χ2n) is 9.87. The average molecular weight is 569 g/mol. The van der Waals surface area contributed by atoms with Crippen LogP contribution in [0.4, 0.5) is 23.0 Å². The van der Waals surface area contributed by atoms with Gasteiger partial charge in [-0.25, -0.2) is 9.67 Å². The van der Waals surface area contributed by atoms with Crippen molar-refractivity contribution in [1.29, 1.82) is 0 Å². The fourth-order valence-corrected chi connectivity index (χ4v) is 4.73. The fraction of sp³-hybridized carbons (Fsp3) is 0.290. The number of carbonyl (C=O) groups is 1. The van der Waals surface area contributed by atoms with Crippen LogP contribution in [0.5, 0.6) is 5.75 Å². The van der Waals surface area contributed by atoms with Gasteiger partial charge in [-0.1, -0.05) is 43.8 Å². The first kappa shape index (κ1) is 28.8. The molecule has 11 nitrogen and oxygen atoms in total. The van der Waals surface area contributed by atoms with Crippen LogP contribution < -0.4 is 20.3 Å². The molecule has 0 bridgehead atoms. The van der Waals surface area contributed by atoms with Gasteiger partial charge in [-0.3, -0.25) is 4.79 Å². The number of benzene rings is 2. The van der Waals surface area contributed by atoms with E-state index in [0.29, 0.717) is 55.2 Å². The minimum Gasteiger partial charge on any atom is -0.494 e. The summed E-state index contributed by atoms with van der Waals surface area (Å²) < 4.78 is 13.0. The molecule has 218 valence electrons. The van der Waals surface area contributed by atoms with Crippen LogP contribution in [-0.2, 0) is 16.1 Å². The number of rotatable bonds is 11. The van der Waals surface area contributed by atoms with E-state index in [1.165, 1.54) is 6.08 Å². The van der Waals surface area contributed by atoms with E-state index in [9.17, 15) is 4.79 Å². The van der Waals surface area contributed by atoms with Gasteiger partial charge in [0.05, 0.1) is 43.1 Å². The molecule has 0 unspecified atom stereocenters. The van der Waals surface area contributed by atoms with E-state index >= 15 is 0 Å². The van der Waals surface area contributed by atoms with Crippen molar-refractivity contribution in [1.82, 2.24) is 24.6 Å². The van der Waals surface area contributed by atoms with E-state index in [0.717, 1.165) is 35.6 Å². The van der Waals surface area contributed by atoms with Crippen LogP contribution in [-0.4, -0.2) is 77.6 Å². The molecule has 1 fully saturated rings. The Morgan fingerprint density at radius 2 is 1.95 bits per heavy atom. The first-order valence-electron chi connectivity index (χ1n) is 13.9. The molecule has 1 aliphatic heterocycles. The lowest BCUT2D eigenvalue weighted by atomic mass is 10.1. The fourth-order valence-electron chi connectivity index (χ4n) is 4.73. The highest BCUT2D eigenvalue weighted by Crippen LogP contribution is 2.38. The van der Waals surface area contributed by atoms with Gasteiger partial charge in [0.25, 0.3) is 0 Å². The second kappa shape index (κ2) is 13.3. The van der Waals surface area contributed by atoms with Crippen molar-refractivity contribution < 1.29 is 14.3 Å². The van der Waals surface area contributed by atoms with Gasteiger partial charge in [-0.15, -0.1) is 0 Å². The summed E-state index contributed by atoms with van der Waals surface area (Å²) >= 11 is 0. The first-order chi connectivity index (χ1) is 20.5. The van der Waals surface area contributed by atoms with Gasteiger partial charge >= 0.3 is 0 Å². The van der Waals surface area contributed by atoms with E-state index in [4.69, 9.17) is 19.6 Å². The number of ether oxygens (including phenoxy) is 2. The van der Waals surface area contributed by atoms with E-state index in [1.54, 1.807) is 18.0 Å². The summed E-state index contributed by atoms with van der Waals surface area (Å²) in [7, 11) is 3.69. The Morgan fingerprint density at radius 1 is 1.17 bits per heavy atom. The van der Waals surface area contributed by atoms with E-state index in [2.05, 4.69) is 58.1 Å². The monoisotopic (exact) mass is 568 g/mol. The summed E-state index contributed by atoms with van der Waals surface area (Å²) in [4.78, 5) is 25.9. The first-order valence-corrected chi connectivity index (χ1v) is 13.9. The number of amides is 1. The Bertz CT molecular complexity index is 1530. The predicted octanol–water partition coefficient (Wildman–Crippen LogP) is 4.49. The Kier molecular flexibility index (Phi) is 9.10. The lowest BCUT2D eigenvalue weighted by Gasteiger charge is -2.31. The zero-order valence-electron chi connectivity index (χ0n) is 24.2. The third-order valence-electron chi connectivity index (χ3n) is 7.05. The molecule has 42 heavy (non-hydrogen) atoms. The molecule has 4 aromatic rings. The number of morpholine rings is 1. The Hall–Kier alpha value is -4.74. The molecule has 2 N–H and O–H groups in total. The van der Waals surface area contributed by atoms with Gasteiger partial charge in [0.2, 0.25) is 11.9 Å². The topological polar surface area (TPSA) is 110 Å². The zero-order chi connectivity index (χ0) is 29.5. The molecule has 5 rings (SSSR count). The molecule has 1 amide bonds. The van der Waals surface area contributed by atoms with Crippen LogP contribution in [0, 0.1) is 0 Å². The molecule has 2 aromatic heterocycles. The normalized spacial score (nSPS) is 13.2. The van der Waals surface area contributed by atoms with Gasteiger partial charge in [0, 0.05) is 55.3 Å². The Balaban J connectivity index is 1.48. The van der Waals surface area contributed by atoms with E-state index in [1.807, 2.05) is 42.6 Å². The summed E-state index contributed by atoms with van der Waals surface area (Å²) in [5.74, 6) is 1.24. The minimum atomic E-state index is -0.309. The zero-order valence-corrected chi connectivity index (χ0v) is 24.2. The molecule has 3 heterocycles. The summed E-state index contributed by atoms with van der Waals surface area (Å²) in [5.41, 5.74) is 5.10. The summed E-state index contributed by atoms with van der Waals surface area (Å²) in [6, 6.07) is 15.7. The molecule has 0 atom stereocenters. The predicted molar refractivity (Wildman–Crippen MR) is 165 cm³/mol. The number of hydrogen-bond acceptors (Lipinski definition) is 9. The van der Waals surface area contributed by atoms with Crippen molar-refractivity contribution in [3.05, 3.63) is 79.1 Å². The van der Waals surface area contributed by atoms with Gasteiger partial charge in [-0.05, 0) is 25.7 Å². The van der Waals surface area contributed by atoms with Crippen LogP contribution in [0.3, 0.4) is 0 Å². The maximum absolute atomic E-state index is 12.3. The lowest BCUT2D eigenvalue weighted by Crippen LogP contribution is -2.36. The standard InChI is InChI=1S/C31H36N8O3/c1-5-29(40)33-24-18-25(27(41-4)19-26(24)38-14-16-42-17-15-38)34-31-32-13-12-28(35-31)39-21-23(20-37(3)6-2)30(36-39)22-10-8-7-9-11-22/h5,7-13,18-19,21H,1,6,14-17,20H2,2-4H3,(H,33,40)(H,32,34,35). The van der Waals surface area contributed by atoms with Gasteiger partial charge in [-0.2, -0.15) is 10.1 Å². The van der Waals surface area contributed by atoms with E-state index in [-0.39, 0.29) is 5.91 Å². The van der Waals surface area contributed by atoms with Gasteiger partial charge in [0.15, 0.2) is 5.82 Å². The second-order valence-corrected chi connectivity index (χ2v) is 9.87. The summed E-state index contributed by atoms with van der Waals surface area (Å²) in [5, 5.41) is 11.1. The number of carbonyl (C=O) groups excluding carboxylic acids is 1. The van der Waals surface area contributed by atoms with Crippen molar-refractivity contribution in [2.45, 2.75) is 13.5 Å². The molecular formula is C31H36N8O3. The Morgan fingerprint density at radius 3 is 2.67 bits per heavy atom. The minimum absolute atomic E-state index is 0.309. The Labute approximate surface area is 245 Å². The molecule has 0 spiro atoms. The van der Waals surface area contributed by atoms with Crippen molar-refractivity contribution in [3.63, 3.8) is 0 Å². The molecule has 1 saturated heterocycles. The number of methoxy groups -OCH3 is 1. The number of nitrogens with one attached hydrogen (secondary N) is 2. The SMILES string of the molecule is C=CC(=O)Nc1cc(Nc2nccc(-n3cc(CN(C)CC)c(-c4ccccc4)n3)n2)c(OC)cc1N1CCOCC1. The van der Waals surface area contributed by atoms with E-state index < -0.39 is 0 Å². The van der Waals surface area contributed by atoms with Crippen LogP contribution in [0.15, 0.2) is 73.6 Å². The largest absolute Gasteiger partial charge is 0.494 e. The molecule has 11 heteroatoms. The van der Waals surface area contributed by atoms with Crippen LogP contribution in [0.1, 0.15) is 12.5 Å². The third-order valence-corrected chi connectivity index (χ3v) is 7.05. The molecule has 1 aliphatic rings. The number of aromatic nitrogens is 4. The van der Waals surface area contributed by atoms with Crippen LogP contribution in [0.25, 0.3) is 17.1 Å². The average Bonchev–Trinajstić information content (AvgIpc) is 3.45. The van der Waals surface area contributed by atoms with Gasteiger partial charge in [0.1, 0.15) is 5.75 Å². The number of anilines is 4. The van der Waals surface area contributed by atoms with Gasteiger partial charge < -0.3 is 29.9 Å². The number of hydrogen-bond donors (Lipinski definition) is 2. The lowest BCUT2D eigenvalue weighted by molar-refractivity contribution is -0.111. The molecule has 2 aromatic carbocycles. The molecule has 0 aliphatic carbocycles. The number of nitrogens with zero attached hydrogens (tertiary/aromatic N) is 6. The summed E-state index contributed by atoms with van der Waals surface area (Å²) in [6.07, 6.45) is 4.94. The smallest absolute Gasteiger partial charge is 0.247 e. The maximum Gasteiger partial charge on any atom is 0.247 e. The van der Waals surface area contributed by atoms with Crippen molar-refractivity contribution in [2.75, 3.05) is 62.5 Å². The molecule has 0 saturated carbocycles. The van der Waals surface area contributed by atoms with Crippen LogP contribution >= 0.6 is 0 Å². The molecule has 0 radical (unpaired) electrons. The molecular weight excluding hydrogens is 532 g/mol. The van der Waals surface area contributed by atoms with Crippen LogP contribution in [0.2, 0.25) is 0 Å². The maximum atomic E-state index is 12.3.